The van der Waals surface area contributed by atoms with Gasteiger partial charge in [-0.2, -0.15) is 6.42 Å². The van der Waals surface area contributed by atoms with E-state index in [1.54, 1.807) is 0 Å². The zero-order valence-electron chi connectivity index (χ0n) is 35.8. The van der Waals surface area contributed by atoms with Crippen LogP contribution >= 0.6 is 0 Å². The number of rotatable bonds is 3. The Labute approximate surface area is 359 Å². The quantitative estimate of drug-likeness (QED) is 0.177. The van der Waals surface area contributed by atoms with Gasteiger partial charge < -0.3 is 29.0 Å². The fourth-order valence-electron chi connectivity index (χ4n) is 8.51. The molecule has 3 nitrogen and oxygen atoms in total. The van der Waals surface area contributed by atoms with Crippen molar-refractivity contribution in [3.05, 3.63) is 162 Å². The van der Waals surface area contributed by atoms with Crippen molar-refractivity contribution < 1.29 is 34.3 Å². The number of phenols is 2. The molecule has 58 heavy (non-hydrogen) atoms. The third kappa shape index (κ3) is 8.55. The first kappa shape index (κ1) is 43.3. The average molecular weight is 940 g/mol. The van der Waals surface area contributed by atoms with Crippen LogP contribution in [0, 0.1) is 25.2 Å². The third-order valence-electron chi connectivity index (χ3n) is 11.5. The van der Waals surface area contributed by atoms with E-state index in [1.807, 2.05) is 49.1 Å². The maximum atomic E-state index is 11.4. The second-order valence-corrected chi connectivity index (χ2v) is 20.4. The average Bonchev–Trinajstić information content (AvgIpc) is 3.91. The second-order valence-electron chi connectivity index (χ2n) is 19.0. The summed E-state index contributed by atoms with van der Waals surface area (Å²) in [4.78, 5) is 0. The van der Waals surface area contributed by atoms with Gasteiger partial charge in [0.1, 0.15) is 0 Å². The molecule has 3 aliphatic rings. The van der Waals surface area contributed by atoms with Crippen LogP contribution in [-0.2, 0) is 40.3 Å². The van der Waals surface area contributed by atoms with Crippen LogP contribution in [-0.4, -0.2) is 20.7 Å². The van der Waals surface area contributed by atoms with Gasteiger partial charge >= 0.3 is 217 Å². The second kappa shape index (κ2) is 16.8. The van der Waals surface area contributed by atoms with Crippen molar-refractivity contribution in [2.75, 3.05) is 6.61 Å². The van der Waals surface area contributed by atoms with Gasteiger partial charge in [-0.15, -0.1) is 12.8 Å². The van der Waals surface area contributed by atoms with E-state index in [9.17, 15) is 10.2 Å². The van der Waals surface area contributed by atoms with E-state index in [1.165, 1.54) is 51.9 Å². The standard InChI is InChI=1S/C31H38O2.C19H14.C4H7O.W/c1-29(2,3)19-24-20(22-15-11-17-25(27(22)32)30(4,5)6)13-10-14-21(24)23-16-12-18-26(28(23)33)31(7,8)9;1-13-11-19(12-14(13)2)17-9-5-3-7-15(17)16-8-4-6-10-18(16)19;1-2-4-5-3-1;/h10-18,32-33H,1-9H3;1-10H,11-12H2;3H,1-2,4H2;/q;-2;-1;. The Kier molecular flexibility index (Phi) is 12.5. The molecule has 2 N–H and O–H groups in total. The minimum atomic E-state index is -0.175. The van der Waals surface area contributed by atoms with Gasteiger partial charge in [-0.1, -0.05) is 55.0 Å². The summed E-state index contributed by atoms with van der Waals surface area (Å²) in [7, 11) is 0. The molecule has 0 atom stereocenters. The molecule has 0 bridgehead atoms. The number of fused-ring (bicyclic) bond motifs is 5. The van der Waals surface area contributed by atoms with Gasteiger partial charge in [0.05, 0.1) is 0 Å². The minimum Gasteiger partial charge on any atom is -0.552 e. The molecule has 1 spiro atoms. The number of hydrogen-bond acceptors (Lipinski definition) is 3. The topological polar surface area (TPSA) is 49.7 Å². The van der Waals surface area contributed by atoms with Crippen molar-refractivity contribution in [3.63, 3.8) is 0 Å². The molecule has 4 heteroatoms. The summed E-state index contributed by atoms with van der Waals surface area (Å²) in [6.07, 6.45) is 4.06. The predicted octanol–water partition coefficient (Wildman–Crippen LogP) is 13.6. The molecule has 5 aromatic rings. The van der Waals surface area contributed by atoms with E-state index in [2.05, 4.69) is 123 Å². The van der Waals surface area contributed by atoms with Gasteiger partial charge in [0.15, 0.2) is 0 Å². The first-order chi connectivity index (χ1) is 27.3. The molecular formula is C54H59O3W-3. The Hall–Kier alpha value is -4.30. The Morgan fingerprint density at radius 3 is 1.34 bits per heavy atom. The number of ether oxygens (including phenoxy) is 1. The molecule has 1 heterocycles. The largest absolute Gasteiger partial charge is 0.552 e. The Morgan fingerprint density at radius 1 is 0.586 bits per heavy atom. The van der Waals surface area contributed by atoms with Gasteiger partial charge in [-0.3, -0.25) is 0 Å². The molecule has 2 fully saturated rings. The number of allylic oxidation sites excluding steroid dienone is 2. The smallest absolute Gasteiger partial charge is 0.00878 e. The Morgan fingerprint density at radius 2 is 0.983 bits per heavy atom. The van der Waals surface area contributed by atoms with E-state index < -0.39 is 0 Å². The maximum absolute atomic E-state index is 11.4. The Bertz CT molecular complexity index is 2200. The summed E-state index contributed by atoms with van der Waals surface area (Å²) in [6.45, 7) is 34.4. The normalized spacial score (nSPS) is 15.6. The molecule has 302 valence electrons. The maximum Gasteiger partial charge on any atom is 0.00878 e. The molecule has 0 radical (unpaired) electrons. The van der Waals surface area contributed by atoms with E-state index in [0.29, 0.717) is 11.5 Å². The molecular weight excluding hydrogens is 880 g/mol. The van der Waals surface area contributed by atoms with Gasteiger partial charge in [0.25, 0.3) is 0 Å². The van der Waals surface area contributed by atoms with Crippen molar-refractivity contribution in [1.29, 1.82) is 0 Å². The third-order valence-corrected chi connectivity index (χ3v) is 14.4. The summed E-state index contributed by atoms with van der Waals surface area (Å²) < 4.78 is 6.11. The van der Waals surface area contributed by atoms with Crippen molar-refractivity contribution in [1.82, 2.24) is 0 Å². The van der Waals surface area contributed by atoms with E-state index in [-0.39, 0.29) is 21.7 Å². The molecule has 1 aliphatic heterocycles. The van der Waals surface area contributed by atoms with E-state index in [0.717, 1.165) is 76.0 Å². The number of para-hydroxylation sites is 2. The van der Waals surface area contributed by atoms with Crippen LogP contribution in [0.25, 0.3) is 33.4 Å². The van der Waals surface area contributed by atoms with Gasteiger partial charge in [-0.25, -0.2) is 6.61 Å². The fourth-order valence-corrected chi connectivity index (χ4v) is 9.30. The monoisotopic (exact) mass is 939 g/mol. The molecule has 0 amide bonds. The zero-order valence-corrected chi connectivity index (χ0v) is 38.7. The van der Waals surface area contributed by atoms with Crippen LogP contribution < -0.4 is 0 Å². The van der Waals surface area contributed by atoms with Crippen molar-refractivity contribution >= 4 is 3.90 Å². The van der Waals surface area contributed by atoms with Crippen LogP contribution in [0.3, 0.4) is 0 Å². The molecule has 2 aliphatic carbocycles. The van der Waals surface area contributed by atoms with Gasteiger partial charge in [-0.05, 0) is 27.7 Å². The van der Waals surface area contributed by atoms with Crippen LogP contribution in [0.1, 0.15) is 116 Å². The number of phenolic OH excluding ortho intramolecular Hbond substituents is 2. The number of hydrogen-bond donors (Lipinski definition) is 2. The van der Waals surface area contributed by atoms with Gasteiger partial charge in [0.2, 0.25) is 0 Å². The van der Waals surface area contributed by atoms with Gasteiger partial charge in [0, 0.05) is 6.61 Å². The number of benzene rings is 5. The molecule has 8 rings (SSSR count). The first-order valence-electron chi connectivity index (χ1n) is 20.5. The van der Waals surface area contributed by atoms with Crippen molar-refractivity contribution in [3.8, 4) is 44.9 Å². The molecule has 1 saturated heterocycles. The Balaban J connectivity index is 0.000000194. The van der Waals surface area contributed by atoms with E-state index >= 15 is 0 Å². The first-order valence-corrected chi connectivity index (χ1v) is 21.9. The zero-order chi connectivity index (χ0) is 42.2. The SMILES string of the molecule is CC(C)(C)[C](=[W])c1c(-c2cccc(C(C)(C)C)c2O)cccc1-c1cccc(C(C)(C)C)c1O.[CH-]1CCCO1.[CH-]=C1CC2(CC1=[CH-])c1ccccc1-c1ccccc12. The van der Waals surface area contributed by atoms with E-state index in [4.69, 9.17) is 17.9 Å². The summed E-state index contributed by atoms with van der Waals surface area (Å²) in [5.74, 6) is 0.663. The van der Waals surface area contributed by atoms with Crippen molar-refractivity contribution in [2.24, 2.45) is 5.41 Å². The summed E-state index contributed by atoms with van der Waals surface area (Å²) in [5, 5.41) is 22.8. The fraction of sp³-hybridized carbons (Fsp3) is 0.333. The van der Waals surface area contributed by atoms with Crippen LogP contribution in [0.15, 0.2) is 114 Å². The van der Waals surface area contributed by atoms with Crippen LogP contribution in [0.5, 0.6) is 11.5 Å². The molecule has 1 saturated carbocycles. The molecule has 0 aromatic heterocycles. The summed E-state index contributed by atoms with van der Waals surface area (Å²) in [6, 6.07) is 35.6. The van der Waals surface area contributed by atoms with Crippen LogP contribution in [0.2, 0.25) is 0 Å². The van der Waals surface area contributed by atoms with Crippen LogP contribution in [0.4, 0.5) is 0 Å². The minimum absolute atomic E-state index is 0.0264. The molecule has 5 aromatic carbocycles. The molecule has 0 unspecified atom stereocenters. The summed E-state index contributed by atoms with van der Waals surface area (Å²) in [5.41, 5.74) is 13.3. The predicted molar refractivity (Wildman–Crippen MR) is 239 cm³/mol. The number of aromatic hydroxyl groups is 2. The summed E-state index contributed by atoms with van der Waals surface area (Å²) >= 11 is 1.38. The van der Waals surface area contributed by atoms with Crippen molar-refractivity contribution in [2.45, 2.75) is 104 Å².